The number of hydrogen-bond acceptors (Lipinski definition) is 6. The Morgan fingerprint density at radius 1 is 1.14 bits per heavy atom. The van der Waals surface area contributed by atoms with E-state index in [1.165, 1.54) is 24.3 Å². The Labute approximate surface area is 170 Å². The average molecular weight is 421 g/mol. The van der Waals surface area contributed by atoms with Crippen molar-refractivity contribution in [3.63, 3.8) is 0 Å². The molecule has 0 aliphatic heterocycles. The average Bonchev–Trinajstić information content (AvgIpc) is 3.12. The van der Waals surface area contributed by atoms with Crippen molar-refractivity contribution in [2.45, 2.75) is 19.9 Å². The molecule has 0 saturated heterocycles. The lowest BCUT2D eigenvalue weighted by atomic mass is 10.0. The largest absolute Gasteiger partial charge is 0.454 e. The van der Waals surface area contributed by atoms with Crippen molar-refractivity contribution in [1.82, 2.24) is 5.32 Å². The summed E-state index contributed by atoms with van der Waals surface area (Å²) in [4.78, 5) is 47.9. The number of thiophene rings is 1. The van der Waals surface area contributed by atoms with Crippen molar-refractivity contribution >= 4 is 40.0 Å². The molecule has 1 heterocycles. The van der Waals surface area contributed by atoms with Crippen LogP contribution in [0.5, 0.6) is 0 Å². The molecule has 1 aromatic carbocycles. The van der Waals surface area contributed by atoms with Crippen molar-refractivity contribution in [2.24, 2.45) is 11.7 Å². The molecule has 8 nitrogen and oxygen atoms in total. The summed E-state index contributed by atoms with van der Waals surface area (Å²) < 4.78 is 18.7. The molecule has 29 heavy (non-hydrogen) atoms. The predicted octanol–water partition coefficient (Wildman–Crippen LogP) is 1.92. The van der Waals surface area contributed by atoms with Crippen LogP contribution in [0.2, 0.25) is 0 Å². The fourth-order valence-electron chi connectivity index (χ4n) is 2.35. The topological polar surface area (TPSA) is 128 Å². The van der Waals surface area contributed by atoms with Crippen LogP contribution in [0.15, 0.2) is 35.7 Å². The second kappa shape index (κ2) is 9.78. The van der Waals surface area contributed by atoms with Crippen LogP contribution in [0.25, 0.3) is 0 Å². The molecule has 0 fully saturated rings. The standard InChI is InChI=1S/C19H20FN3O5S/c1-10(2)15(23-17(26)11-5-3-4-6-13(11)20)19(27)28-9-14(24)22-18-12(16(21)25)7-8-29-18/h3-8,10,15H,9H2,1-2H3,(H2,21,25)(H,22,24)(H,23,26)/t15-/m1/s1. The third-order valence-corrected chi connectivity index (χ3v) is 4.68. The van der Waals surface area contributed by atoms with Gasteiger partial charge in [0.2, 0.25) is 0 Å². The number of esters is 1. The third kappa shape index (κ3) is 5.85. The molecule has 2 aromatic rings. The van der Waals surface area contributed by atoms with Crippen LogP contribution in [-0.2, 0) is 14.3 Å². The first-order chi connectivity index (χ1) is 13.7. The van der Waals surface area contributed by atoms with E-state index in [4.69, 9.17) is 10.5 Å². The lowest BCUT2D eigenvalue weighted by Crippen LogP contribution is -2.46. The quantitative estimate of drug-likeness (QED) is 0.561. The lowest BCUT2D eigenvalue weighted by molar-refractivity contribution is -0.150. The second-order valence-electron chi connectivity index (χ2n) is 6.36. The zero-order valence-electron chi connectivity index (χ0n) is 15.7. The number of benzene rings is 1. The van der Waals surface area contributed by atoms with Gasteiger partial charge in [-0.25, -0.2) is 9.18 Å². The van der Waals surface area contributed by atoms with Gasteiger partial charge in [-0.05, 0) is 29.5 Å². The van der Waals surface area contributed by atoms with Gasteiger partial charge < -0.3 is 21.1 Å². The number of amides is 3. The fraction of sp³-hybridized carbons (Fsp3) is 0.263. The summed E-state index contributed by atoms with van der Waals surface area (Å²) in [6.45, 7) is 2.70. The van der Waals surface area contributed by atoms with E-state index in [-0.39, 0.29) is 22.0 Å². The van der Waals surface area contributed by atoms with E-state index in [0.717, 1.165) is 17.4 Å². The molecule has 0 bridgehead atoms. The van der Waals surface area contributed by atoms with Crippen LogP contribution in [0.1, 0.15) is 34.6 Å². The maximum Gasteiger partial charge on any atom is 0.329 e. The van der Waals surface area contributed by atoms with Gasteiger partial charge in [-0.15, -0.1) is 11.3 Å². The molecule has 0 aliphatic rings. The van der Waals surface area contributed by atoms with E-state index in [1.807, 2.05) is 0 Å². The number of nitrogens with one attached hydrogen (secondary N) is 2. The highest BCUT2D eigenvalue weighted by atomic mass is 32.1. The van der Waals surface area contributed by atoms with Crippen molar-refractivity contribution < 1.29 is 28.3 Å². The van der Waals surface area contributed by atoms with Crippen LogP contribution < -0.4 is 16.4 Å². The van der Waals surface area contributed by atoms with E-state index in [9.17, 15) is 23.6 Å². The molecule has 1 atom stereocenters. The number of carbonyl (C=O) groups excluding carboxylic acids is 4. The number of halogens is 1. The molecule has 0 unspecified atom stereocenters. The van der Waals surface area contributed by atoms with Crippen molar-refractivity contribution in [1.29, 1.82) is 0 Å². The molecular weight excluding hydrogens is 401 g/mol. The number of primary amides is 1. The second-order valence-corrected chi connectivity index (χ2v) is 7.27. The van der Waals surface area contributed by atoms with Crippen LogP contribution >= 0.6 is 11.3 Å². The summed E-state index contributed by atoms with van der Waals surface area (Å²) in [5.74, 6) is -4.09. The Bertz CT molecular complexity index is 928. The number of anilines is 1. The van der Waals surface area contributed by atoms with E-state index < -0.39 is 42.2 Å². The summed E-state index contributed by atoms with van der Waals surface area (Å²) in [5.41, 5.74) is 5.14. The van der Waals surface area contributed by atoms with Gasteiger partial charge in [0, 0.05) is 0 Å². The first-order valence-corrected chi connectivity index (χ1v) is 9.47. The smallest absolute Gasteiger partial charge is 0.329 e. The zero-order chi connectivity index (χ0) is 21.6. The summed E-state index contributed by atoms with van der Waals surface area (Å²) in [7, 11) is 0. The zero-order valence-corrected chi connectivity index (χ0v) is 16.5. The maximum absolute atomic E-state index is 13.8. The van der Waals surface area contributed by atoms with Crippen LogP contribution in [0.4, 0.5) is 9.39 Å². The van der Waals surface area contributed by atoms with Crippen LogP contribution in [-0.4, -0.2) is 36.3 Å². The fourth-order valence-corrected chi connectivity index (χ4v) is 3.16. The van der Waals surface area contributed by atoms with Crippen molar-refractivity contribution in [2.75, 3.05) is 11.9 Å². The van der Waals surface area contributed by atoms with Gasteiger partial charge in [0.25, 0.3) is 17.7 Å². The highest BCUT2D eigenvalue weighted by molar-refractivity contribution is 7.14. The molecule has 1 aromatic heterocycles. The molecule has 4 N–H and O–H groups in total. The van der Waals surface area contributed by atoms with Gasteiger partial charge in [0.05, 0.1) is 11.1 Å². The number of nitrogens with two attached hydrogens (primary N) is 1. The monoisotopic (exact) mass is 421 g/mol. The molecule has 154 valence electrons. The Kier molecular flexibility index (Phi) is 7.43. The van der Waals surface area contributed by atoms with Gasteiger partial charge in [0.1, 0.15) is 16.9 Å². The number of ether oxygens (including phenoxy) is 1. The van der Waals surface area contributed by atoms with Gasteiger partial charge in [-0.1, -0.05) is 26.0 Å². The highest BCUT2D eigenvalue weighted by Crippen LogP contribution is 2.22. The molecule has 0 spiro atoms. The minimum Gasteiger partial charge on any atom is -0.454 e. The summed E-state index contributed by atoms with van der Waals surface area (Å²) in [6, 6.07) is 5.73. The van der Waals surface area contributed by atoms with Gasteiger partial charge in [-0.2, -0.15) is 0 Å². The molecular formula is C19H20FN3O5S. The molecule has 3 amide bonds. The van der Waals surface area contributed by atoms with Crippen LogP contribution in [0, 0.1) is 11.7 Å². The SMILES string of the molecule is CC(C)[C@@H](NC(=O)c1ccccc1F)C(=O)OCC(=O)Nc1sccc1C(N)=O. The van der Waals surface area contributed by atoms with Gasteiger partial charge >= 0.3 is 5.97 Å². The van der Waals surface area contributed by atoms with Crippen molar-refractivity contribution in [3.05, 3.63) is 52.7 Å². The van der Waals surface area contributed by atoms with Crippen LogP contribution in [0.3, 0.4) is 0 Å². The third-order valence-electron chi connectivity index (χ3n) is 3.85. The minimum absolute atomic E-state index is 0.145. The minimum atomic E-state index is -1.09. The van der Waals surface area contributed by atoms with Crippen molar-refractivity contribution in [3.8, 4) is 0 Å². The Morgan fingerprint density at radius 2 is 1.83 bits per heavy atom. The Hall–Kier alpha value is -3.27. The molecule has 0 saturated carbocycles. The predicted molar refractivity (Wildman–Crippen MR) is 105 cm³/mol. The maximum atomic E-state index is 13.8. The number of carbonyl (C=O) groups is 4. The van der Waals surface area contributed by atoms with E-state index >= 15 is 0 Å². The summed E-state index contributed by atoms with van der Waals surface area (Å²) in [6.07, 6.45) is 0. The first-order valence-electron chi connectivity index (χ1n) is 8.60. The normalized spacial score (nSPS) is 11.6. The lowest BCUT2D eigenvalue weighted by Gasteiger charge is -2.21. The summed E-state index contributed by atoms with van der Waals surface area (Å²) in [5, 5.41) is 6.68. The van der Waals surface area contributed by atoms with E-state index in [1.54, 1.807) is 19.2 Å². The first kappa shape index (κ1) is 22.0. The highest BCUT2D eigenvalue weighted by Gasteiger charge is 2.27. The van der Waals surface area contributed by atoms with E-state index in [2.05, 4.69) is 10.6 Å². The molecule has 0 radical (unpaired) electrons. The Morgan fingerprint density at radius 3 is 2.45 bits per heavy atom. The van der Waals surface area contributed by atoms with E-state index in [0.29, 0.717) is 0 Å². The van der Waals surface area contributed by atoms with Gasteiger partial charge in [0.15, 0.2) is 6.61 Å². The summed E-state index contributed by atoms with van der Waals surface area (Å²) >= 11 is 1.09. The Balaban J connectivity index is 1.96. The molecule has 2 rings (SSSR count). The van der Waals surface area contributed by atoms with Gasteiger partial charge in [-0.3, -0.25) is 14.4 Å². The molecule has 0 aliphatic carbocycles. The number of hydrogen-bond donors (Lipinski definition) is 3. The number of rotatable bonds is 8. The molecule has 10 heteroatoms.